The van der Waals surface area contributed by atoms with Crippen molar-refractivity contribution in [3.63, 3.8) is 0 Å². The molecule has 6 aliphatic rings. The lowest BCUT2D eigenvalue weighted by Gasteiger charge is -2.57. The fourth-order valence-corrected chi connectivity index (χ4v) is 13.3. The number of piperidine rings is 1. The highest BCUT2D eigenvalue weighted by Crippen LogP contribution is 2.54. The number of aromatic amines is 1. The van der Waals surface area contributed by atoms with Crippen molar-refractivity contribution in [3.8, 4) is 5.88 Å². The number of nitrogens with zero attached hydrogens (tertiary/aromatic N) is 5. The number of carbonyl (C=O) groups excluding carboxylic acids is 1. The highest BCUT2D eigenvalue weighted by molar-refractivity contribution is 7.90. The van der Waals surface area contributed by atoms with E-state index in [1.54, 1.807) is 12.3 Å². The molecule has 2 aliphatic carbocycles. The highest BCUT2D eigenvalue weighted by atomic mass is 32.2. The number of aryl methyl sites for hydroxylation is 1. The fourth-order valence-electron chi connectivity index (χ4n) is 12.1. The fraction of sp³-hybridized carbons (Fsp3) is 0.500. The number of morpholine rings is 1. The molecule has 5 aromatic rings. The molecule has 2 aromatic heterocycles. The first-order valence-electron chi connectivity index (χ1n) is 24.8. The largest absolute Gasteiger partial charge is 0.468 e. The number of benzene rings is 3. The topological polar surface area (TPSA) is 205 Å². The standard InChI is InChI=1S/C52H62N8O9S/c1-33-5-3-4-6-39(33)45-31-68-24-22-58(45)38-28-52(29-38)17-20-57(21-18-52)37-8-10-47(43(27-37)59-41-14-23-67-32-46(41)69-50-44(59)25-35-13-19-53-48(35)55-50)70(65,66)56-49(61)36-7-9-40(42(26-36)60(63)64)54-30-34-11-15-51(2,62)16-12-34/h3-10,13,19,25-27,34,38,41,45-46,54,62H,11-12,14-18,20-24,28-32H2,1-2H3,(H,53,55)(H,56,61)/t34-,41-,45+,46-,51-/m1/s1. The Balaban J connectivity index is 0.871. The number of rotatable bonds is 11. The number of anilines is 4. The van der Waals surface area contributed by atoms with E-state index in [1.165, 1.54) is 23.3 Å². The number of nitro benzene ring substituents is 1. The zero-order chi connectivity index (χ0) is 48.4. The second-order valence-corrected chi connectivity index (χ2v) is 22.5. The van der Waals surface area contributed by atoms with Gasteiger partial charge in [-0.05, 0) is 137 Å². The van der Waals surface area contributed by atoms with Crippen LogP contribution in [0.3, 0.4) is 0 Å². The van der Waals surface area contributed by atoms with Gasteiger partial charge in [-0.15, -0.1) is 0 Å². The van der Waals surface area contributed by atoms with Crippen LogP contribution in [0.15, 0.2) is 83.9 Å². The molecule has 6 heterocycles. The summed E-state index contributed by atoms with van der Waals surface area (Å²) in [4.78, 5) is 40.7. The Hall–Kier alpha value is -5.79. The monoisotopic (exact) mass is 974 g/mol. The third kappa shape index (κ3) is 8.97. The molecule has 11 rings (SSSR count). The number of amides is 1. The summed E-state index contributed by atoms with van der Waals surface area (Å²) in [5.74, 6) is -0.446. The number of H-pyrrole nitrogens is 1. The second kappa shape index (κ2) is 18.4. The summed E-state index contributed by atoms with van der Waals surface area (Å²) < 4.78 is 50.3. The molecular weight excluding hydrogens is 913 g/mol. The molecule has 3 aromatic carbocycles. The van der Waals surface area contributed by atoms with E-state index in [0.717, 1.165) is 81.9 Å². The van der Waals surface area contributed by atoms with Crippen LogP contribution in [0.2, 0.25) is 0 Å². The summed E-state index contributed by atoms with van der Waals surface area (Å²) in [5, 5.41) is 26.7. The van der Waals surface area contributed by atoms with E-state index in [9.17, 15) is 28.4 Å². The van der Waals surface area contributed by atoms with Crippen molar-refractivity contribution >= 4 is 55.4 Å². The Labute approximate surface area is 408 Å². The van der Waals surface area contributed by atoms with Gasteiger partial charge < -0.3 is 39.4 Å². The van der Waals surface area contributed by atoms with E-state index in [4.69, 9.17) is 19.2 Å². The average molecular weight is 975 g/mol. The number of nitro groups is 1. The molecule has 2 saturated carbocycles. The molecule has 17 nitrogen and oxygen atoms in total. The minimum Gasteiger partial charge on any atom is -0.468 e. The van der Waals surface area contributed by atoms with Gasteiger partial charge in [0.15, 0.2) is 0 Å². The van der Waals surface area contributed by atoms with Crippen molar-refractivity contribution in [1.29, 1.82) is 0 Å². The quantitative estimate of drug-likeness (QED) is 0.0738. The molecule has 70 heavy (non-hydrogen) atoms. The first-order chi connectivity index (χ1) is 33.7. The number of sulfonamides is 1. The number of hydrogen-bond donors (Lipinski definition) is 4. The molecule has 3 atom stereocenters. The van der Waals surface area contributed by atoms with Crippen molar-refractivity contribution < 1.29 is 37.5 Å². The Morgan fingerprint density at radius 2 is 1.73 bits per heavy atom. The second-order valence-electron chi connectivity index (χ2n) is 20.8. The molecular formula is C52H62N8O9S. The van der Waals surface area contributed by atoms with Crippen molar-refractivity contribution in [2.45, 2.75) is 106 Å². The van der Waals surface area contributed by atoms with Crippen LogP contribution in [-0.4, -0.2) is 116 Å². The zero-order valence-electron chi connectivity index (χ0n) is 39.8. The number of aliphatic hydroxyl groups is 1. The average Bonchev–Trinajstić information content (AvgIpc) is 3.81. The normalized spacial score (nSPS) is 25.9. The Morgan fingerprint density at radius 1 is 0.943 bits per heavy atom. The van der Waals surface area contributed by atoms with Gasteiger partial charge in [0.2, 0.25) is 5.88 Å². The summed E-state index contributed by atoms with van der Waals surface area (Å²) in [5.41, 5.74) is 4.33. The minimum atomic E-state index is -4.62. The molecule has 1 spiro atoms. The lowest BCUT2D eigenvalue weighted by Crippen LogP contribution is -2.58. The van der Waals surface area contributed by atoms with Gasteiger partial charge in [0.25, 0.3) is 21.6 Å². The Kier molecular flexibility index (Phi) is 12.3. The molecule has 370 valence electrons. The van der Waals surface area contributed by atoms with Crippen molar-refractivity contribution in [2.75, 3.05) is 67.7 Å². The van der Waals surface area contributed by atoms with Crippen molar-refractivity contribution in [2.24, 2.45) is 11.3 Å². The van der Waals surface area contributed by atoms with Crippen LogP contribution in [0.5, 0.6) is 5.88 Å². The Morgan fingerprint density at radius 3 is 2.51 bits per heavy atom. The maximum atomic E-state index is 14.8. The van der Waals surface area contributed by atoms with Crippen molar-refractivity contribution in [1.82, 2.24) is 19.6 Å². The summed E-state index contributed by atoms with van der Waals surface area (Å²) in [6.45, 7) is 9.16. The molecule has 0 bridgehead atoms. The molecule has 4 N–H and O–H groups in total. The van der Waals surface area contributed by atoms with Crippen LogP contribution in [0, 0.1) is 28.4 Å². The molecule has 3 saturated heterocycles. The van der Waals surface area contributed by atoms with E-state index in [0.29, 0.717) is 68.0 Å². The minimum absolute atomic E-state index is 0.125. The number of pyridine rings is 1. The van der Waals surface area contributed by atoms with Crippen molar-refractivity contribution in [3.05, 3.63) is 106 Å². The van der Waals surface area contributed by atoms with Gasteiger partial charge in [-0.1, -0.05) is 24.3 Å². The predicted octanol–water partition coefficient (Wildman–Crippen LogP) is 7.76. The number of aromatic nitrogens is 2. The zero-order valence-corrected chi connectivity index (χ0v) is 40.6. The Bertz CT molecular complexity index is 2900. The molecule has 5 fully saturated rings. The molecule has 18 heteroatoms. The van der Waals surface area contributed by atoms with Crippen LogP contribution < -0.4 is 24.6 Å². The van der Waals surface area contributed by atoms with E-state index in [2.05, 4.69) is 56.0 Å². The SMILES string of the molecule is Cc1ccccc1[C@@H]1COCCN1C1CC2(CCN(c3ccc(S(=O)(=O)NC(=O)c4ccc(NC[C@H]5CC[C@](C)(O)CC5)c([N+](=O)[O-])c4)c(N4c5cc6cc[nH]c6nc5O[C@@H]5COCC[C@H]54)c3)CC2)C1. The molecule has 1 amide bonds. The first-order valence-corrected chi connectivity index (χ1v) is 26.3. The smallest absolute Gasteiger partial charge is 0.293 e. The first kappa shape index (κ1) is 46.6. The van der Waals surface area contributed by atoms with E-state index in [-0.39, 0.29) is 51.9 Å². The van der Waals surface area contributed by atoms with E-state index >= 15 is 0 Å². The van der Waals surface area contributed by atoms with Gasteiger partial charge in [0, 0.05) is 67.7 Å². The third-order valence-electron chi connectivity index (χ3n) is 16.3. The van der Waals surface area contributed by atoms with Crippen LogP contribution in [0.4, 0.5) is 28.4 Å². The van der Waals surface area contributed by atoms with Gasteiger partial charge in [-0.3, -0.25) is 19.8 Å². The maximum absolute atomic E-state index is 14.8. The van der Waals surface area contributed by atoms with Crippen LogP contribution in [0.25, 0.3) is 11.0 Å². The number of carbonyl (C=O) groups is 1. The van der Waals surface area contributed by atoms with Crippen LogP contribution >= 0.6 is 0 Å². The third-order valence-corrected chi connectivity index (χ3v) is 17.6. The summed E-state index contributed by atoms with van der Waals surface area (Å²) in [6, 6.07) is 22.2. The number of nitrogens with one attached hydrogen (secondary N) is 3. The highest BCUT2D eigenvalue weighted by Gasteiger charge is 2.50. The summed E-state index contributed by atoms with van der Waals surface area (Å²) in [7, 11) is -4.62. The van der Waals surface area contributed by atoms with Gasteiger partial charge >= 0.3 is 0 Å². The number of fused-ring (bicyclic) bond motifs is 3. The molecule has 4 aliphatic heterocycles. The van der Waals surface area contributed by atoms with E-state index < -0.39 is 32.6 Å². The van der Waals surface area contributed by atoms with Crippen LogP contribution in [0.1, 0.15) is 92.2 Å². The summed E-state index contributed by atoms with van der Waals surface area (Å²) >= 11 is 0. The molecule has 0 radical (unpaired) electrons. The van der Waals surface area contributed by atoms with Crippen LogP contribution in [-0.2, 0) is 19.5 Å². The van der Waals surface area contributed by atoms with Gasteiger partial charge in [-0.25, -0.2) is 13.1 Å². The van der Waals surface area contributed by atoms with E-state index in [1.807, 2.05) is 36.1 Å². The summed E-state index contributed by atoms with van der Waals surface area (Å²) in [6.07, 6.45) is 9.00. The van der Waals surface area contributed by atoms with Gasteiger partial charge in [0.05, 0.1) is 48.1 Å². The lowest BCUT2D eigenvalue weighted by atomic mass is 9.59. The lowest BCUT2D eigenvalue weighted by molar-refractivity contribution is -0.384. The van der Waals surface area contributed by atoms with Gasteiger partial charge in [-0.2, -0.15) is 4.98 Å². The number of hydrogen-bond acceptors (Lipinski definition) is 14. The number of ether oxygens (including phenoxy) is 3. The van der Waals surface area contributed by atoms with Gasteiger partial charge in [0.1, 0.15) is 28.0 Å². The maximum Gasteiger partial charge on any atom is 0.293 e. The molecule has 0 unspecified atom stereocenters. The predicted molar refractivity (Wildman–Crippen MR) is 265 cm³/mol.